The van der Waals surface area contributed by atoms with Gasteiger partial charge in [-0.15, -0.1) is 0 Å². The summed E-state index contributed by atoms with van der Waals surface area (Å²) in [6.07, 6.45) is 8.59. The van der Waals surface area contributed by atoms with Crippen LogP contribution in [0.2, 0.25) is 25.7 Å². The van der Waals surface area contributed by atoms with Gasteiger partial charge in [0.25, 0.3) is 0 Å². The number of nitrogens with zero attached hydrogens (tertiary/aromatic N) is 4. The van der Waals surface area contributed by atoms with Crippen molar-refractivity contribution in [2.45, 2.75) is 64.0 Å². The van der Waals surface area contributed by atoms with Gasteiger partial charge in [0.2, 0.25) is 0 Å². The molecule has 0 aliphatic heterocycles. The first kappa shape index (κ1) is 23.4. The van der Waals surface area contributed by atoms with Crippen LogP contribution in [0.1, 0.15) is 57.5 Å². The van der Waals surface area contributed by atoms with E-state index in [1.165, 1.54) is 25.5 Å². The molecule has 0 radical (unpaired) electrons. The van der Waals surface area contributed by atoms with Crippen LogP contribution in [-0.4, -0.2) is 52.5 Å². The van der Waals surface area contributed by atoms with E-state index < -0.39 is 14.0 Å². The van der Waals surface area contributed by atoms with Crippen molar-refractivity contribution in [2.24, 2.45) is 0 Å². The molecule has 0 aromatic carbocycles. The highest BCUT2D eigenvalue weighted by Gasteiger charge is 2.24. The van der Waals surface area contributed by atoms with Crippen LogP contribution >= 0.6 is 0 Å². The number of rotatable bonds is 11. The molecule has 0 unspecified atom stereocenters. The molecule has 1 aliphatic carbocycles. The predicted octanol–water partition coefficient (Wildman–Crippen LogP) is 4.32. The van der Waals surface area contributed by atoms with E-state index in [9.17, 15) is 9.59 Å². The van der Waals surface area contributed by atoms with Crippen LogP contribution in [0.25, 0.3) is 5.65 Å². The van der Waals surface area contributed by atoms with Crippen molar-refractivity contribution in [1.82, 2.24) is 18.9 Å². The van der Waals surface area contributed by atoms with Crippen LogP contribution < -0.4 is 0 Å². The number of methoxy groups -OCH3 is 1. The number of esters is 1. The smallest absolute Gasteiger partial charge is 0.358 e. The lowest BCUT2D eigenvalue weighted by molar-refractivity contribution is 0.0593. The van der Waals surface area contributed by atoms with Gasteiger partial charge in [0.1, 0.15) is 23.9 Å². The Bertz CT molecular complexity index is 1160. The molecule has 1 saturated carbocycles. The quantitative estimate of drug-likeness (QED) is 0.180. The Kier molecular flexibility index (Phi) is 6.80. The summed E-state index contributed by atoms with van der Waals surface area (Å²) < 4.78 is 14.4. The molecule has 1 fully saturated rings. The summed E-state index contributed by atoms with van der Waals surface area (Å²) in [5.74, 6) is 0.707. The normalized spacial score (nSPS) is 14.1. The van der Waals surface area contributed by atoms with E-state index in [0.717, 1.165) is 11.7 Å². The Morgan fingerprint density at radius 1 is 1.09 bits per heavy atom. The van der Waals surface area contributed by atoms with Crippen LogP contribution in [0, 0.1) is 0 Å². The minimum Gasteiger partial charge on any atom is -0.464 e. The van der Waals surface area contributed by atoms with Crippen molar-refractivity contribution in [1.29, 1.82) is 0 Å². The number of pyridine rings is 1. The van der Waals surface area contributed by atoms with E-state index in [1.807, 2.05) is 10.5 Å². The molecule has 3 heterocycles. The Balaban J connectivity index is 1.42. The first-order chi connectivity index (χ1) is 15.7. The lowest BCUT2D eigenvalue weighted by Gasteiger charge is -2.16. The largest absolute Gasteiger partial charge is 0.464 e. The fraction of sp³-hybridized carbons (Fsp3) is 0.500. The molecule has 9 heteroatoms. The molecule has 176 valence electrons. The van der Waals surface area contributed by atoms with Crippen molar-refractivity contribution >= 4 is 25.5 Å². The van der Waals surface area contributed by atoms with Crippen molar-refractivity contribution in [3.05, 3.63) is 53.5 Å². The number of hydrogen-bond acceptors (Lipinski definition) is 6. The van der Waals surface area contributed by atoms with Gasteiger partial charge in [0, 0.05) is 46.1 Å². The van der Waals surface area contributed by atoms with E-state index in [4.69, 9.17) is 9.47 Å². The van der Waals surface area contributed by atoms with Crippen molar-refractivity contribution < 1.29 is 19.1 Å². The second-order valence-corrected chi connectivity index (χ2v) is 15.5. The van der Waals surface area contributed by atoms with E-state index in [1.54, 1.807) is 17.0 Å². The Labute approximate surface area is 194 Å². The summed E-state index contributed by atoms with van der Waals surface area (Å²) in [7, 11) is 0.133. The highest BCUT2D eigenvalue weighted by atomic mass is 28.3. The number of hydrogen-bond donors (Lipinski definition) is 0. The zero-order valence-electron chi connectivity index (χ0n) is 19.8. The monoisotopic (exact) mass is 468 g/mol. The molecule has 4 rings (SSSR count). The number of imidazole rings is 2. The van der Waals surface area contributed by atoms with E-state index in [-0.39, 0.29) is 24.6 Å². The zero-order chi connectivity index (χ0) is 23.6. The van der Waals surface area contributed by atoms with Gasteiger partial charge in [0.05, 0.1) is 7.11 Å². The van der Waals surface area contributed by atoms with Gasteiger partial charge in [-0.3, -0.25) is 4.79 Å². The number of ether oxygens (including phenoxy) is 2. The third-order valence-electron chi connectivity index (χ3n) is 5.86. The Hall–Kier alpha value is -2.78. The minimum absolute atomic E-state index is 0.0551. The maximum Gasteiger partial charge on any atom is 0.358 e. The first-order valence-electron chi connectivity index (χ1n) is 11.5. The topological polar surface area (TPSA) is 87.7 Å². The van der Waals surface area contributed by atoms with Gasteiger partial charge in [-0.1, -0.05) is 25.7 Å². The van der Waals surface area contributed by atoms with Crippen LogP contribution in [0.15, 0.2) is 30.7 Å². The average Bonchev–Trinajstić information content (AvgIpc) is 3.41. The van der Waals surface area contributed by atoms with Gasteiger partial charge in [-0.25, -0.2) is 14.8 Å². The van der Waals surface area contributed by atoms with Gasteiger partial charge >= 0.3 is 5.97 Å². The SMILES string of the molecule is COC(=O)c1cn(COCC[Si](C)(C)C)c(CCC(=O)c2cn3cc(C4CC4)ccc3n2)n1. The second-order valence-electron chi connectivity index (χ2n) is 9.90. The fourth-order valence-corrected chi connectivity index (χ4v) is 4.42. The highest BCUT2D eigenvalue weighted by Crippen LogP contribution is 2.39. The van der Waals surface area contributed by atoms with Gasteiger partial charge in [0.15, 0.2) is 11.5 Å². The first-order valence-corrected chi connectivity index (χ1v) is 15.2. The third-order valence-corrected chi connectivity index (χ3v) is 7.57. The van der Waals surface area contributed by atoms with Gasteiger partial charge in [-0.05, 0) is 36.4 Å². The van der Waals surface area contributed by atoms with Crippen molar-refractivity contribution in [3.63, 3.8) is 0 Å². The maximum absolute atomic E-state index is 12.9. The van der Waals surface area contributed by atoms with Crippen molar-refractivity contribution in [2.75, 3.05) is 13.7 Å². The zero-order valence-corrected chi connectivity index (χ0v) is 20.8. The standard InChI is InChI=1S/C24H32N4O4Si/c1-31-24(30)20-15-28(16-32-11-12-33(2,3)4)23(26-20)10-8-21(29)19-14-27-13-18(17-5-6-17)7-9-22(27)25-19/h7,9,13-15,17H,5-6,8,10-12,16H2,1-4H3. The van der Waals surface area contributed by atoms with E-state index >= 15 is 0 Å². The molecule has 0 saturated heterocycles. The van der Waals surface area contributed by atoms with Crippen LogP contribution in [0.5, 0.6) is 0 Å². The summed E-state index contributed by atoms with van der Waals surface area (Å²) in [5.41, 5.74) is 2.73. The molecule has 1 aliphatic rings. The minimum atomic E-state index is -1.19. The van der Waals surface area contributed by atoms with Crippen LogP contribution in [0.3, 0.4) is 0 Å². The molecule has 0 spiro atoms. The molecule has 0 atom stereocenters. The number of Topliss-reactive ketones (excluding diaryl/α,β-unsaturated/α-hetero) is 1. The molecule has 0 N–H and O–H groups in total. The summed E-state index contributed by atoms with van der Waals surface area (Å²) in [5, 5.41) is 0. The summed E-state index contributed by atoms with van der Waals surface area (Å²) in [6.45, 7) is 7.84. The van der Waals surface area contributed by atoms with Crippen LogP contribution in [-0.2, 0) is 22.6 Å². The van der Waals surface area contributed by atoms with Crippen molar-refractivity contribution in [3.8, 4) is 0 Å². The summed E-state index contributed by atoms with van der Waals surface area (Å²) in [4.78, 5) is 33.7. The number of ketones is 1. The predicted molar refractivity (Wildman–Crippen MR) is 127 cm³/mol. The molecule has 33 heavy (non-hydrogen) atoms. The fourth-order valence-electron chi connectivity index (χ4n) is 3.66. The Morgan fingerprint density at radius 2 is 1.88 bits per heavy atom. The lowest BCUT2D eigenvalue weighted by Crippen LogP contribution is -2.22. The molecular weight excluding hydrogens is 436 g/mol. The summed E-state index contributed by atoms with van der Waals surface area (Å²) >= 11 is 0. The van der Waals surface area contributed by atoms with Crippen LogP contribution in [0.4, 0.5) is 0 Å². The number of aryl methyl sites for hydroxylation is 1. The molecule has 0 bridgehead atoms. The Morgan fingerprint density at radius 3 is 2.58 bits per heavy atom. The molecule has 8 nitrogen and oxygen atoms in total. The molecule has 0 amide bonds. The highest BCUT2D eigenvalue weighted by molar-refractivity contribution is 6.76. The third kappa shape index (κ3) is 5.97. The molecular formula is C24H32N4O4Si. The molecule has 3 aromatic rings. The van der Waals surface area contributed by atoms with E-state index in [2.05, 4.69) is 41.9 Å². The van der Waals surface area contributed by atoms with Gasteiger partial charge in [-0.2, -0.15) is 0 Å². The average molecular weight is 469 g/mol. The number of aromatic nitrogens is 4. The maximum atomic E-state index is 12.9. The van der Waals surface area contributed by atoms with E-state index in [0.29, 0.717) is 30.5 Å². The second kappa shape index (κ2) is 9.60. The number of carbonyl (C=O) groups is 2. The number of fused-ring (bicyclic) bond motifs is 1. The van der Waals surface area contributed by atoms with Gasteiger partial charge < -0.3 is 18.4 Å². The summed E-state index contributed by atoms with van der Waals surface area (Å²) in [6, 6.07) is 5.12. The lowest BCUT2D eigenvalue weighted by atomic mass is 10.2. The molecule has 3 aromatic heterocycles. The number of carbonyl (C=O) groups excluding carboxylic acids is 2.